The molecule has 0 aliphatic carbocycles. The highest BCUT2D eigenvalue weighted by Gasteiger charge is 2.43. The maximum Gasteiger partial charge on any atom is 0.254 e. The van der Waals surface area contributed by atoms with E-state index in [-0.39, 0.29) is 31.5 Å². The van der Waals surface area contributed by atoms with Crippen LogP contribution in [0.15, 0.2) is 24.3 Å². The zero-order valence-corrected chi connectivity index (χ0v) is 18.2. The van der Waals surface area contributed by atoms with Gasteiger partial charge in [-0.3, -0.25) is 9.59 Å². The number of ether oxygens (including phenoxy) is 1. The van der Waals surface area contributed by atoms with Crippen LogP contribution < -0.4 is 0 Å². The molecule has 2 fully saturated rings. The van der Waals surface area contributed by atoms with Crippen molar-refractivity contribution in [3.63, 3.8) is 0 Å². The predicted octanol–water partition coefficient (Wildman–Crippen LogP) is 0.776. The molecule has 160 valence electrons. The number of rotatable bonds is 4. The lowest BCUT2D eigenvalue weighted by Crippen LogP contribution is -2.58. The maximum atomic E-state index is 13.2. The van der Waals surface area contributed by atoms with Gasteiger partial charge in [0.05, 0.1) is 11.3 Å². The largest absolute Gasteiger partial charge is 0.356 e. The molecule has 1 aromatic rings. The van der Waals surface area contributed by atoms with E-state index in [0.717, 1.165) is 11.1 Å². The number of nitrogens with zero attached hydrogens (tertiary/aromatic N) is 3. The fraction of sp³-hybridized carbons (Fsp3) is 0.600. The number of hydrogen-bond donors (Lipinski definition) is 0. The quantitative estimate of drug-likeness (QED) is 0.714. The summed E-state index contributed by atoms with van der Waals surface area (Å²) >= 11 is 0. The smallest absolute Gasteiger partial charge is 0.254 e. The van der Waals surface area contributed by atoms with Gasteiger partial charge in [-0.05, 0) is 26.3 Å². The van der Waals surface area contributed by atoms with Crippen molar-refractivity contribution in [2.45, 2.75) is 38.2 Å². The predicted molar refractivity (Wildman–Crippen MR) is 109 cm³/mol. The molecule has 8 nitrogen and oxygen atoms in total. The van der Waals surface area contributed by atoms with Crippen LogP contribution >= 0.6 is 0 Å². The molecule has 0 N–H and O–H groups in total. The normalized spacial score (nSPS) is 24.2. The van der Waals surface area contributed by atoms with Crippen molar-refractivity contribution in [2.75, 3.05) is 39.8 Å². The highest BCUT2D eigenvalue weighted by molar-refractivity contribution is 7.89. The van der Waals surface area contributed by atoms with Gasteiger partial charge >= 0.3 is 0 Å². The topological polar surface area (TPSA) is 87.2 Å². The molecule has 1 aromatic carbocycles. The zero-order chi connectivity index (χ0) is 21.3. The Morgan fingerprint density at radius 1 is 1.10 bits per heavy atom. The number of aryl methyl sites for hydroxylation is 1. The van der Waals surface area contributed by atoms with Crippen LogP contribution in [-0.2, 0) is 24.3 Å². The van der Waals surface area contributed by atoms with Crippen molar-refractivity contribution in [2.24, 2.45) is 0 Å². The zero-order valence-electron chi connectivity index (χ0n) is 17.4. The first-order valence-electron chi connectivity index (χ1n) is 9.84. The number of piperazine rings is 1. The standard InChI is InChI=1S/C20H29N3O5S/c1-14(2)29(26,27)23-11-9-22(10-12-23)20(25)19-18(21(4)17(24)13-28-19)16-7-5-15(3)6-8-16/h5-8,14,18-19H,9-13H2,1-4H3/t18-,19-/m0/s1. The Balaban J connectivity index is 1.77. The summed E-state index contributed by atoms with van der Waals surface area (Å²) in [6.07, 6.45) is -0.811. The van der Waals surface area contributed by atoms with Crippen molar-refractivity contribution in [1.29, 1.82) is 0 Å². The summed E-state index contributed by atoms with van der Waals surface area (Å²) in [6.45, 7) is 6.29. The second-order valence-corrected chi connectivity index (χ2v) is 10.4. The van der Waals surface area contributed by atoms with Crippen LogP contribution in [0.25, 0.3) is 0 Å². The van der Waals surface area contributed by atoms with Gasteiger partial charge in [-0.15, -0.1) is 0 Å². The van der Waals surface area contributed by atoms with Crippen LogP contribution in [0.5, 0.6) is 0 Å². The van der Waals surface area contributed by atoms with Crippen LogP contribution in [0, 0.1) is 6.92 Å². The Bertz CT molecular complexity index is 861. The second-order valence-electron chi connectivity index (χ2n) is 7.91. The number of likely N-dealkylation sites (N-methyl/N-ethyl adjacent to an activating group) is 1. The molecule has 0 radical (unpaired) electrons. The monoisotopic (exact) mass is 423 g/mol. The highest BCUT2D eigenvalue weighted by atomic mass is 32.2. The van der Waals surface area contributed by atoms with E-state index in [2.05, 4.69) is 0 Å². The van der Waals surface area contributed by atoms with E-state index in [1.165, 1.54) is 4.31 Å². The van der Waals surface area contributed by atoms with Gasteiger partial charge < -0.3 is 14.5 Å². The molecule has 2 amide bonds. The van der Waals surface area contributed by atoms with Crippen LogP contribution in [0.2, 0.25) is 0 Å². The summed E-state index contributed by atoms with van der Waals surface area (Å²) in [4.78, 5) is 28.7. The third-order valence-corrected chi connectivity index (χ3v) is 7.93. The SMILES string of the molecule is Cc1ccc([C@H]2[C@@H](C(=O)N3CCN(S(=O)(=O)C(C)C)CC3)OCC(=O)N2C)cc1. The number of benzene rings is 1. The van der Waals surface area contributed by atoms with Gasteiger partial charge in [-0.2, -0.15) is 4.31 Å². The van der Waals surface area contributed by atoms with E-state index in [9.17, 15) is 18.0 Å². The summed E-state index contributed by atoms with van der Waals surface area (Å²) in [5, 5.41) is -0.489. The van der Waals surface area contributed by atoms with Crippen LogP contribution in [0.3, 0.4) is 0 Å². The van der Waals surface area contributed by atoms with E-state index in [1.807, 2.05) is 31.2 Å². The van der Waals surface area contributed by atoms with E-state index >= 15 is 0 Å². The lowest BCUT2D eigenvalue weighted by Gasteiger charge is -2.42. The Morgan fingerprint density at radius 3 is 2.24 bits per heavy atom. The first-order chi connectivity index (χ1) is 13.6. The first-order valence-corrected chi connectivity index (χ1v) is 11.3. The molecule has 0 bridgehead atoms. The van der Waals surface area contributed by atoms with Gasteiger partial charge in [0, 0.05) is 33.2 Å². The minimum atomic E-state index is -3.34. The van der Waals surface area contributed by atoms with Gasteiger partial charge in [0.2, 0.25) is 15.9 Å². The number of amides is 2. The molecule has 29 heavy (non-hydrogen) atoms. The molecule has 2 aliphatic heterocycles. The molecule has 2 atom stereocenters. The third kappa shape index (κ3) is 4.31. The number of sulfonamides is 1. The van der Waals surface area contributed by atoms with Crippen LogP contribution in [0.4, 0.5) is 0 Å². The first kappa shape index (κ1) is 21.7. The van der Waals surface area contributed by atoms with Gasteiger partial charge in [0.25, 0.3) is 5.91 Å². The van der Waals surface area contributed by atoms with Crippen LogP contribution in [-0.4, -0.2) is 85.5 Å². The summed E-state index contributed by atoms with van der Waals surface area (Å²) in [5.74, 6) is -0.385. The fourth-order valence-electron chi connectivity index (χ4n) is 3.72. The molecule has 2 aliphatic rings. The Morgan fingerprint density at radius 2 is 1.69 bits per heavy atom. The van der Waals surface area contributed by atoms with Crippen molar-refractivity contribution < 1.29 is 22.7 Å². The molecular weight excluding hydrogens is 394 g/mol. The lowest BCUT2D eigenvalue weighted by atomic mass is 9.96. The van der Waals surface area contributed by atoms with Gasteiger partial charge in [-0.1, -0.05) is 29.8 Å². The Labute approximate surface area is 172 Å². The molecule has 2 saturated heterocycles. The van der Waals surface area contributed by atoms with E-state index in [0.29, 0.717) is 13.1 Å². The summed E-state index contributed by atoms with van der Waals surface area (Å²) in [5.41, 5.74) is 1.93. The molecule has 0 unspecified atom stereocenters. The molecule has 3 rings (SSSR count). The Hall–Kier alpha value is -1.97. The van der Waals surface area contributed by atoms with Crippen molar-refractivity contribution in [3.05, 3.63) is 35.4 Å². The van der Waals surface area contributed by atoms with Crippen molar-refractivity contribution in [1.82, 2.24) is 14.1 Å². The summed E-state index contributed by atoms with van der Waals surface area (Å²) in [7, 11) is -1.65. The summed E-state index contributed by atoms with van der Waals surface area (Å²) < 4.78 is 31.9. The molecule has 0 aromatic heterocycles. The molecule has 0 saturated carbocycles. The average molecular weight is 424 g/mol. The number of carbonyl (C=O) groups is 2. The number of morpholine rings is 1. The summed E-state index contributed by atoms with van der Waals surface area (Å²) in [6, 6.07) is 7.19. The highest BCUT2D eigenvalue weighted by Crippen LogP contribution is 2.30. The third-order valence-electron chi connectivity index (χ3n) is 5.65. The molecule has 0 spiro atoms. The van der Waals surface area contributed by atoms with Crippen molar-refractivity contribution >= 4 is 21.8 Å². The maximum absolute atomic E-state index is 13.2. The average Bonchev–Trinajstić information content (AvgIpc) is 2.70. The minimum Gasteiger partial charge on any atom is -0.356 e. The van der Waals surface area contributed by atoms with Crippen LogP contribution in [0.1, 0.15) is 31.0 Å². The number of carbonyl (C=O) groups excluding carboxylic acids is 2. The van der Waals surface area contributed by atoms with E-state index in [1.54, 1.807) is 30.7 Å². The Kier molecular flexibility index (Phi) is 6.30. The van der Waals surface area contributed by atoms with Gasteiger partial charge in [0.15, 0.2) is 6.10 Å². The van der Waals surface area contributed by atoms with Gasteiger partial charge in [-0.25, -0.2) is 8.42 Å². The fourth-order valence-corrected chi connectivity index (χ4v) is 4.99. The van der Waals surface area contributed by atoms with E-state index in [4.69, 9.17) is 4.74 Å². The molecular formula is C20H29N3O5S. The molecule has 9 heteroatoms. The minimum absolute atomic E-state index is 0.142. The lowest BCUT2D eigenvalue weighted by molar-refractivity contribution is -0.168. The molecule has 2 heterocycles. The van der Waals surface area contributed by atoms with Crippen molar-refractivity contribution in [3.8, 4) is 0 Å². The second kappa shape index (κ2) is 8.41. The van der Waals surface area contributed by atoms with E-state index < -0.39 is 27.4 Å². The number of hydrogen-bond acceptors (Lipinski definition) is 5. The van der Waals surface area contributed by atoms with Gasteiger partial charge in [0.1, 0.15) is 6.61 Å².